The van der Waals surface area contributed by atoms with Crippen molar-refractivity contribution >= 4 is 27.3 Å². The first-order valence-electron chi connectivity index (χ1n) is 4.84. The molecule has 16 heavy (non-hydrogen) atoms. The third-order valence-electron chi connectivity index (χ3n) is 2.54. The summed E-state index contributed by atoms with van der Waals surface area (Å²) in [6.45, 7) is 2.02. The Bertz CT molecular complexity index is 509. The van der Waals surface area contributed by atoms with Crippen molar-refractivity contribution in [3.8, 4) is 0 Å². The second-order valence-electron chi connectivity index (χ2n) is 3.58. The fourth-order valence-corrected chi connectivity index (χ4v) is 2.60. The minimum Gasteiger partial charge on any atom is -0.320 e. The van der Waals surface area contributed by atoms with E-state index in [2.05, 4.69) is 15.9 Å². The minimum atomic E-state index is -0.277. The molecule has 0 spiro atoms. The van der Waals surface area contributed by atoms with Gasteiger partial charge in [-0.15, -0.1) is 11.3 Å². The van der Waals surface area contributed by atoms with Crippen LogP contribution < -0.4 is 5.73 Å². The van der Waals surface area contributed by atoms with E-state index in [-0.39, 0.29) is 11.9 Å². The maximum Gasteiger partial charge on any atom is 0.137 e. The quantitative estimate of drug-likeness (QED) is 0.891. The maximum absolute atomic E-state index is 13.4. The molecule has 1 aromatic carbocycles. The maximum atomic E-state index is 13.4. The average molecular weight is 300 g/mol. The molecule has 0 aliphatic heterocycles. The number of rotatable bonds is 2. The van der Waals surface area contributed by atoms with Crippen LogP contribution in [0.4, 0.5) is 4.39 Å². The summed E-state index contributed by atoms with van der Waals surface area (Å²) >= 11 is 4.78. The van der Waals surface area contributed by atoms with E-state index in [1.807, 2.05) is 24.4 Å². The van der Waals surface area contributed by atoms with E-state index < -0.39 is 0 Å². The molecule has 0 saturated heterocycles. The molecular formula is C12H11BrFNS. The Morgan fingerprint density at radius 3 is 2.69 bits per heavy atom. The molecule has 0 aliphatic carbocycles. The Labute approximate surface area is 106 Å². The highest BCUT2D eigenvalue weighted by molar-refractivity contribution is 9.10. The van der Waals surface area contributed by atoms with Crippen molar-refractivity contribution in [2.45, 2.75) is 13.0 Å². The van der Waals surface area contributed by atoms with Crippen molar-refractivity contribution in [3.05, 3.63) is 55.9 Å². The Hall–Kier alpha value is -0.710. The molecule has 1 heterocycles. The lowest BCUT2D eigenvalue weighted by molar-refractivity contribution is 0.617. The van der Waals surface area contributed by atoms with Crippen molar-refractivity contribution in [2.75, 3.05) is 0 Å². The molecule has 4 heteroatoms. The smallest absolute Gasteiger partial charge is 0.137 e. The molecule has 0 radical (unpaired) electrons. The highest BCUT2D eigenvalue weighted by Gasteiger charge is 2.13. The molecule has 1 unspecified atom stereocenters. The lowest BCUT2D eigenvalue weighted by atomic mass is 10.0. The number of thiophene rings is 1. The molecular weight excluding hydrogens is 289 g/mol. The highest BCUT2D eigenvalue weighted by atomic mass is 79.9. The van der Waals surface area contributed by atoms with E-state index in [0.29, 0.717) is 4.47 Å². The summed E-state index contributed by atoms with van der Waals surface area (Å²) < 4.78 is 13.8. The second kappa shape index (κ2) is 4.65. The van der Waals surface area contributed by atoms with E-state index in [1.165, 1.54) is 10.9 Å². The van der Waals surface area contributed by atoms with Gasteiger partial charge in [0.2, 0.25) is 0 Å². The zero-order valence-corrected chi connectivity index (χ0v) is 11.1. The molecule has 2 rings (SSSR count). The lowest BCUT2D eigenvalue weighted by Gasteiger charge is -2.12. The van der Waals surface area contributed by atoms with Gasteiger partial charge in [0.25, 0.3) is 0 Å². The standard InChI is InChI=1S/C12H11BrFNS/c1-7-9(4-5-16-7)12(15)8-2-3-10(13)11(14)6-8/h2-6,12H,15H2,1H3. The van der Waals surface area contributed by atoms with E-state index in [1.54, 1.807) is 17.4 Å². The van der Waals surface area contributed by atoms with Gasteiger partial charge in [0, 0.05) is 4.88 Å². The predicted octanol–water partition coefficient (Wildman–Crippen LogP) is 4.01. The van der Waals surface area contributed by atoms with Gasteiger partial charge in [0.1, 0.15) is 5.82 Å². The number of halogens is 2. The number of benzene rings is 1. The van der Waals surface area contributed by atoms with Crippen LogP contribution in [0.5, 0.6) is 0 Å². The van der Waals surface area contributed by atoms with Crippen LogP contribution in [0.3, 0.4) is 0 Å². The van der Waals surface area contributed by atoms with E-state index in [9.17, 15) is 4.39 Å². The molecule has 0 aliphatic rings. The topological polar surface area (TPSA) is 26.0 Å². The fourth-order valence-electron chi connectivity index (χ4n) is 1.60. The summed E-state index contributed by atoms with van der Waals surface area (Å²) in [5, 5.41) is 2.00. The Kier molecular flexibility index (Phi) is 3.42. The average Bonchev–Trinajstić information content (AvgIpc) is 2.67. The van der Waals surface area contributed by atoms with Crippen LogP contribution in [0.25, 0.3) is 0 Å². The summed E-state index contributed by atoms with van der Waals surface area (Å²) in [5.74, 6) is -0.277. The molecule has 84 valence electrons. The first kappa shape index (κ1) is 11.8. The first-order chi connectivity index (χ1) is 7.59. The van der Waals surface area contributed by atoms with Gasteiger partial charge < -0.3 is 5.73 Å². The second-order valence-corrected chi connectivity index (χ2v) is 5.56. The Morgan fingerprint density at radius 2 is 2.12 bits per heavy atom. The molecule has 1 aromatic heterocycles. The molecule has 2 N–H and O–H groups in total. The van der Waals surface area contributed by atoms with Gasteiger partial charge in [-0.3, -0.25) is 0 Å². The van der Waals surface area contributed by atoms with E-state index in [0.717, 1.165) is 11.1 Å². The van der Waals surface area contributed by atoms with Crippen LogP contribution in [0, 0.1) is 12.7 Å². The van der Waals surface area contributed by atoms with Crippen LogP contribution in [0.15, 0.2) is 34.1 Å². The minimum absolute atomic E-state index is 0.256. The Morgan fingerprint density at radius 1 is 1.38 bits per heavy atom. The zero-order chi connectivity index (χ0) is 11.7. The molecule has 2 aromatic rings. The monoisotopic (exact) mass is 299 g/mol. The molecule has 1 atom stereocenters. The van der Waals surface area contributed by atoms with Crippen LogP contribution in [-0.4, -0.2) is 0 Å². The van der Waals surface area contributed by atoms with Crippen LogP contribution in [0.2, 0.25) is 0 Å². The SMILES string of the molecule is Cc1sccc1C(N)c1ccc(Br)c(F)c1. The van der Waals surface area contributed by atoms with Crippen molar-refractivity contribution < 1.29 is 4.39 Å². The van der Waals surface area contributed by atoms with Gasteiger partial charge in [-0.2, -0.15) is 0 Å². The number of hydrogen-bond acceptors (Lipinski definition) is 2. The largest absolute Gasteiger partial charge is 0.320 e. The van der Waals surface area contributed by atoms with Gasteiger partial charge in [-0.25, -0.2) is 4.39 Å². The van der Waals surface area contributed by atoms with Gasteiger partial charge in [0.15, 0.2) is 0 Å². The molecule has 0 amide bonds. The van der Waals surface area contributed by atoms with Gasteiger partial charge in [0.05, 0.1) is 10.5 Å². The van der Waals surface area contributed by atoms with Crippen LogP contribution >= 0.6 is 27.3 Å². The summed E-state index contributed by atoms with van der Waals surface area (Å²) in [5.41, 5.74) is 7.96. The summed E-state index contributed by atoms with van der Waals surface area (Å²) in [6.07, 6.45) is 0. The summed E-state index contributed by atoms with van der Waals surface area (Å²) in [6, 6.07) is 6.74. The van der Waals surface area contributed by atoms with Crippen LogP contribution in [0.1, 0.15) is 22.0 Å². The van der Waals surface area contributed by atoms with Crippen molar-refractivity contribution in [3.63, 3.8) is 0 Å². The van der Waals surface area contributed by atoms with Gasteiger partial charge in [-0.05, 0) is 57.6 Å². The fraction of sp³-hybridized carbons (Fsp3) is 0.167. The predicted molar refractivity (Wildman–Crippen MR) is 69.2 cm³/mol. The van der Waals surface area contributed by atoms with Gasteiger partial charge >= 0.3 is 0 Å². The van der Waals surface area contributed by atoms with Gasteiger partial charge in [-0.1, -0.05) is 6.07 Å². The molecule has 0 fully saturated rings. The number of hydrogen-bond donors (Lipinski definition) is 1. The van der Waals surface area contributed by atoms with Crippen molar-refractivity contribution in [1.82, 2.24) is 0 Å². The van der Waals surface area contributed by atoms with E-state index in [4.69, 9.17) is 5.73 Å². The number of nitrogens with two attached hydrogens (primary N) is 1. The van der Waals surface area contributed by atoms with E-state index >= 15 is 0 Å². The lowest BCUT2D eigenvalue weighted by Crippen LogP contribution is -2.12. The normalized spacial score (nSPS) is 12.8. The van der Waals surface area contributed by atoms with Crippen molar-refractivity contribution in [1.29, 1.82) is 0 Å². The van der Waals surface area contributed by atoms with Crippen molar-refractivity contribution in [2.24, 2.45) is 5.73 Å². The summed E-state index contributed by atoms with van der Waals surface area (Å²) in [4.78, 5) is 1.18. The zero-order valence-electron chi connectivity index (χ0n) is 8.71. The summed E-state index contributed by atoms with van der Waals surface area (Å²) in [7, 11) is 0. The number of aryl methyl sites for hydroxylation is 1. The van der Waals surface area contributed by atoms with Crippen LogP contribution in [-0.2, 0) is 0 Å². The molecule has 0 saturated carbocycles. The Balaban J connectivity index is 2.38. The first-order valence-corrected chi connectivity index (χ1v) is 6.51. The highest BCUT2D eigenvalue weighted by Crippen LogP contribution is 2.28. The third-order valence-corrected chi connectivity index (χ3v) is 4.04. The molecule has 0 bridgehead atoms. The third kappa shape index (κ3) is 2.19. The molecule has 1 nitrogen and oxygen atoms in total.